The third-order valence-electron chi connectivity index (χ3n) is 3.18. The van der Waals surface area contributed by atoms with Gasteiger partial charge in [-0.2, -0.15) is 10.2 Å². The maximum Gasteiger partial charge on any atom is 0.229 e. The molecule has 0 aliphatic heterocycles. The van der Waals surface area contributed by atoms with E-state index in [1.54, 1.807) is 0 Å². The van der Waals surface area contributed by atoms with Crippen molar-refractivity contribution in [2.75, 3.05) is 0 Å². The third kappa shape index (κ3) is 3.65. The number of hydrogen-bond acceptors (Lipinski definition) is 5. The third-order valence-corrected chi connectivity index (χ3v) is 3.18. The number of aliphatic hydroxyl groups excluding tert-OH is 1. The van der Waals surface area contributed by atoms with Crippen LogP contribution in [-0.4, -0.2) is 21.4 Å². The Morgan fingerprint density at radius 2 is 2.15 bits per heavy atom. The first kappa shape index (κ1) is 14.2. The average Bonchev–Trinajstić information content (AvgIpc) is 2.81. The van der Waals surface area contributed by atoms with Gasteiger partial charge in [-0.1, -0.05) is 23.4 Å². The van der Waals surface area contributed by atoms with Gasteiger partial charge in [-0.3, -0.25) is 0 Å². The van der Waals surface area contributed by atoms with Crippen LogP contribution in [0.1, 0.15) is 34.8 Å². The lowest BCUT2D eigenvalue weighted by Gasteiger charge is -2.02. The van der Waals surface area contributed by atoms with E-state index in [1.165, 1.54) is 11.1 Å². The van der Waals surface area contributed by atoms with Crippen molar-refractivity contribution in [3.05, 3.63) is 46.6 Å². The quantitative estimate of drug-likeness (QED) is 0.900. The Morgan fingerprint density at radius 1 is 1.35 bits per heavy atom. The van der Waals surface area contributed by atoms with Gasteiger partial charge in [0, 0.05) is 6.42 Å². The highest BCUT2D eigenvalue weighted by Crippen LogP contribution is 2.13. The van der Waals surface area contributed by atoms with Crippen LogP contribution in [0.5, 0.6) is 0 Å². The molecule has 1 unspecified atom stereocenters. The zero-order valence-corrected chi connectivity index (χ0v) is 11.6. The number of nitrogens with zero attached hydrogens (tertiary/aromatic N) is 3. The van der Waals surface area contributed by atoms with Crippen molar-refractivity contribution in [2.24, 2.45) is 0 Å². The molecule has 0 fully saturated rings. The molecular weight excluding hydrogens is 254 g/mol. The number of nitriles is 1. The number of rotatable bonds is 5. The van der Waals surface area contributed by atoms with Crippen molar-refractivity contribution in [1.29, 1.82) is 5.26 Å². The summed E-state index contributed by atoms with van der Waals surface area (Å²) in [6.07, 6.45) is 0.122. The van der Waals surface area contributed by atoms with Crippen LogP contribution in [-0.2, 0) is 12.8 Å². The summed E-state index contributed by atoms with van der Waals surface area (Å²) < 4.78 is 5.08. The van der Waals surface area contributed by atoms with E-state index in [0.717, 1.165) is 5.56 Å². The zero-order chi connectivity index (χ0) is 14.5. The largest absolute Gasteiger partial charge is 0.392 e. The molecule has 0 saturated carbocycles. The van der Waals surface area contributed by atoms with E-state index in [4.69, 9.17) is 9.78 Å². The molecule has 5 nitrogen and oxygen atoms in total. The highest BCUT2D eigenvalue weighted by Gasteiger charge is 2.12. The Bertz CT molecular complexity index is 628. The summed E-state index contributed by atoms with van der Waals surface area (Å²) in [6, 6.07) is 8.13. The minimum absolute atomic E-state index is 0.0644. The number of aryl methyl sites for hydroxylation is 2. The molecule has 20 heavy (non-hydrogen) atoms. The standard InChI is InChI=1S/C15H17N3O2/c1-10-3-4-12(7-11(10)2)8-14-17-15(20-18-14)9-13(19)5-6-16/h3-4,7,13,19H,5,8-9H2,1-2H3. The predicted molar refractivity (Wildman–Crippen MR) is 73.0 cm³/mol. The van der Waals surface area contributed by atoms with Crippen molar-refractivity contribution in [2.45, 2.75) is 39.2 Å². The highest BCUT2D eigenvalue weighted by molar-refractivity contribution is 5.31. The molecule has 1 N–H and O–H groups in total. The second-order valence-corrected chi connectivity index (χ2v) is 4.92. The van der Waals surface area contributed by atoms with E-state index < -0.39 is 6.10 Å². The Kier molecular flexibility index (Phi) is 4.49. The minimum Gasteiger partial charge on any atom is -0.392 e. The molecule has 0 amide bonds. The lowest BCUT2D eigenvalue weighted by molar-refractivity contribution is 0.167. The fourth-order valence-corrected chi connectivity index (χ4v) is 1.92. The fourth-order valence-electron chi connectivity index (χ4n) is 1.92. The van der Waals surface area contributed by atoms with Crippen LogP contribution in [0.4, 0.5) is 0 Å². The van der Waals surface area contributed by atoms with Gasteiger partial charge in [-0.05, 0) is 30.5 Å². The minimum atomic E-state index is -0.755. The Balaban J connectivity index is 2.02. The van der Waals surface area contributed by atoms with Crippen LogP contribution in [0.3, 0.4) is 0 Å². The van der Waals surface area contributed by atoms with Gasteiger partial charge in [-0.15, -0.1) is 0 Å². The van der Waals surface area contributed by atoms with Crippen LogP contribution < -0.4 is 0 Å². The molecule has 1 aromatic heterocycles. The molecule has 1 heterocycles. The van der Waals surface area contributed by atoms with Crippen molar-refractivity contribution in [1.82, 2.24) is 10.1 Å². The molecule has 104 valence electrons. The van der Waals surface area contributed by atoms with Gasteiger partial charge in [0.15, 0.2) is 5.82 Å². The zero-order valence-electron chi connectivity index (χ0n) is 11.6. The summed E-state index contributed by atoms with van der Waals surface area (Å²) in [7, 11) is 0. The molecule has 5 heteroatoms. The van der Waals surface area contributed by atoms with Gasteiger partial charge in [0.05, 0.1) is 25.0 Å². The van der Waals surface area contributed by atoms with Gasteiger partial charge < -0.3 is 9.63 Å². The lowest BCUT2D eigenvalue weighted by atomic mass is 10.0. The number of aromatic nitrogens is 2. The SMILES string of the molecule is Cc1ccc(Cc2noc(CC(O)CC#N)n2)cc1C. The first-order valence-corrected chi connectivity index (χ1v) is 6.51. The molecule has 0 aliphatic rings. The van der Waals surface area contributed by atoms with Gasteiger partial charge in [0.1, 0.15) is 0 Å². The maximum absolute atomic E-state index is 9.52. The average molecular weight is 271 g/mol. The van der Waals surface area contributed by atoms with Gasteiger partial charge >= 0.3 is 0 Å². The fraction of sp³-hybridized carbons (Fsp3) is 0.400. The number of aliphatic hydroxyl groups is 1. The normalized spacial score (nSPS) is 12.1. The van der Waals surface area contributed by atoms with E-state index in [0.29, 0.717) is 18.1 Å². The van der Waals surface area contributed by atoms with Gasteiger partial charge in [0.2, 0.25) is 5.89 Å². The van der Waals surface area contributed by atoms with Crippen LogP contribution in [0.25, 0.3) is 0 Å². The molecule has 2 aromatic rings. The van der Waals surface area contributed by atoms with Crippen LogP contribution in [0.15, 0.2) is 22.7 Å². The Hall–Kier alpha value is -2.19. The van der Waals surface area contributed by atoms with Crippen LogP contribution in [0.2, 0.25) is 0 Å². The Morgan fingerprint density at radius 3 is 2.85 bits per heavy atom. The second-order valence-electron chi connectivity index (χ2n) is 4.92. The molecule has 0 bridgehead atoms. The molecule has 1 aromatic carbocycles. The van der Waals surface area contributed by atoms with Crippen molar-refractivity contribution in [3.8, 4) is 6.07 Å². The number of hydrogen-bond donors (Lipinski definition) is 1. The molecule has 1 atom stereocenters. The summed E-state index contributed by atoms with van der Waals surface area (Å²) in [5, 5.41) is 21.9. The predicted octanol–water partition coefficient (Wildman–Crippen LogP) is 2.09. The van der Waals surface area contributed by atoms with Crippen molar-refractivity contribution >= 4 is 0 Å². The van der Waals surface area contributed by atoms with Crippen molar-refractivity contribution < 1.29 is 9.63 Å². The summed E-state index contributed by atoms with van der Waals surface area (Å²) in [4.78, 5) is 4.23. The lowest BCUT2D eigenvalue weighted by Crippen LogP contribution is -2.09. The van der Waals surface area contributed by atoms with E-state index in [1.807, 2.05) is 12.1 Å². The highest BCUT2D eigenvalue weighted by atomic mass is 16.5. The molecule has 0 saturated heterocycles. The first-order chi connectivity index (χ1) is 9.58. The molecule has 0 radical (unpaired) electrons. The van der Waals surface area contributed by atoms with Crippen LogP contribution in [0, 0.1) is 25.2 Å². The summed E-state index contributed by atoms with van der Waals surface area (Å²) in [6.45, 7) is 4.14. The summed E-state index contributed by atoms with van der Waals surface area (Å²) in [5.41, 5.74) is 3.61. The first-order valence-electron chi connectivity index (χ1n) is 6.51. The Labute approximate surface area is 117 Å². The van der Waals surface area contributed by atoms with E-state index in [2.05, 4.69) is 36.1 Å². The van der Waals surface area contributed by atoms with E-state index in [-0.39, 0.29) is 12.8 Å². The topological polar surface area (TPSA) is 82.9 Å². The summed E-state index contributed by atoms with van der Waals surface area (Å²) >= 11 is 0. The van der Waals surface area contributed by atoms with E-state index >= 15 is 0 Å². The van der Waals surface area contributed by atoms with Gasteiger partial charge in [-0.25, -0.2) is 0 Å². The molecular formula is C15H17N3O2. The van der Waals surface area contributed by atoms with Crippen molar-refractivity contribution in [3.63, 3.8) is 0 Å². The molecule has 2 rings (SSSR count). The maximum atomic E-state index is 9.52. The summed E-state index contributed by atoms with van der Waals surface area (Å²) in [5.74, 6) is 0.957. The molecule has 0 spiro atoms. The second kappa shape index (κ2) is 6.31. The molecule has 0 aliphatic carbocycles. The monoisotopic (exact) mass is 271 g/mol. The number of benzene rings is 1. The van der Waals surface area contributed by atoms with Crippen LogP contribution >= 0.6 is 0 Å². The van der Waals surface area contributed by atoms with E-state index in [9.17, 15) is 5.11 Å². The van der Waals surface area contributed by atoms with Gasteiger partial charge in [0.25, 0.3) is 0 Å². The smallest absolute Gasteiger partial charge is 0.229 e.